The Morgan fingerprint density at radius 1 is 1.10 bits per heavy atom. The van der Waals surface area contributed by atoms with Gasteiger partial charge in [-0.05, 0) is 53.8 Å². The quantitative estimate of drug-likeness (QED) is 0.527. The van der Waals surface area contributed by atoms with E-state index in [-0.39, 0.29) is 21.8 Å². The van der Waals surface area contributed by atoms with Gasteiger partial charge in [-0.1, -0.05) is 30.3 Å². The summed E-state index contributed by atoms with van der Waals surface area (Å²) in [5, 5.41) is 1.54. The van der Waals surface area contributed by atoms with Gasteiger partial charge in [0.25, 0.3) is 11.1 Å². The molecule has 0 aliphatic heterocycles. The molecule has 6 nitrogen and oxygen atoms in total. The Balaban J connectivity index is 1.90. The largest absolute Gasteiger partial charge is 0.366 e. The minimum absolute atomic E-state index is 0.134. The molecule has 0 saturated carbocycles. The van der Waals surface area contributed by atoms with Crippen LogP contribution in [0.5, 0.6) is 0 Å². The Morgan fingerprint density at radius 2 is 1.87 bits per heavy atom. The number of benzene rings is 2. The number of rotatable bonds is 3. The molecule has 2 aromatic carbocycles. The minimum atomic E-state index is -0.560. The zero-order valence-corrected chi connectivity index (χ0v) is 17.2. The van der Waals surface area contributed by atoms with Crippen LogP contribution in [0.1, 0.15) is 26.4 Å². The molecule has 0 radical (unpaired) electrons. The highest BCUT2D eigenvalue weighted by atomic mass is 32.1. The van der Waals surface area contributed by atoms with Crippen LogP contribution in [-0.4, -0.2) is 15.5 Å². The number of H-pyrrole nitrogens is 1. The van der Waals surface area contributed by atoms with Crippen molar-refractivity contribution in [3.63, 3.8) is 0 Å². The fourth-order valence-electron chi connectivity index (χ4n) is 3.35. The summed E-state index contributed by atoms with van der Waals surface area (Å²) in [5.74, 6) is -0.560. The van der Waals surface area contributed by atoms with Crippen LogP contribution in [-0.2, 0) is 7.05 Å². The van der Waals surface area contributed by atoms with Crippen molar-refractivity contribution in [2.24, 2.45) is 12.8 Å². The van der Waals surface area contributed by atoms with Gasteiger partial charge in [0.2, 0.25) is 5.91 Å². The number of nitrogens with two attached hydrogens (primary N) is 1. The highest BCUT2D eigenvalue weighted by Gasteiger charge is 2.08. The Kier molecular flexibility index (Phi) is 4.97. The molecular formula is C23H19N3O3S. The number of thiophene rings is 1. The van der Waals surface area contributed by atoms with Gasteiger partial charge in [0.05, 0.1) is 0 Å². The first-order valence-corrected chi connectivity index (χ1v) is 10.1. The number of primary amides is 1. The molecule has 1 amide bonds. The van der Waals surface area contributed by atoms with Gasteiger partial charge in [0.15, 0.2) is 0 Å². The van der Waals surface area contributed by atoms with Crippen LogP contribution in [0.4, 0.5) is 0 Å². The standard InChI is InChI=1S/C23H19N3O3S/c1-13-16-8-3-4-9-19(16)30-20(13)12-18-22(28)25-17(23(29)26(18)2)11-14-6-5-7-15(10-14)21(24)27/h3-12H,1-2H3,(H2,24,27)(H,25,28)/b17-11-,18-12-. The molecule has 0 bridgehead atoms. The fraction of sp³-hybridized carbons (Fsp3) is 0.0870. The monoisotopic (exact) mass is 417 g/mol. The molecule has 4 rings (SSSR count). The third-order valence-corrected chi connectivity index (χ3v) is 6.23. The van der Waals surface area contributed by atoms with Gasteiger partial charge in [0.1, 0.15) is 10.7 Å². The molecule has 2 aromatic heterocycles. The molecule has 0 saturated heterocycles. The van der Waals surface area contributed by atoms with Gasteiger partial charge in [-0.3, -0.25) is 14.4 Å². The van der Waals surface area contributed by atoms with E-state index >= 15 is 0 Å². The Hall–Kier alpha value is -3.71. The minimum Gasteiger partial charge on any atom is -0.366 e. The zero-order valence-electron chi connectivity index (χ0n) is 16.4. The van der Waals surface area contributed by atoms with E-state index < -0.39 is 5.91 Å². The number of fused-ring (bicyclic) bond motifs is 1. The van der Waals surface area contributed by atoms with E-state index in [1.54, 1.807) is 48.7 Å². The summed E-state index contributed by atoms with van der Waals surface area (Å²) in [6.45, 7) is 2.00. The Bertz CT molecular complexity index is 1540. The summed E-state index contributed by atoms with van der Waals surface area (Å²) in [7, 11) is 1.57. The number of amides is 1. The molecule has 0 aliphatic carbocycles. The molecule has 0 spiro atoms. The first-order chi connectivity index (χ1) is 14.3. The number of aryl methyl sites for hydroxylation is 1. The second-order valence-electron chi connectivity index (χ2n) is 6.98. The van der Waals surface area contributed by atoms with Gasteiger partial charge in [-0.2, -0.15) is 0 Å². The number of hydrogen-bond acceptors (Lipinski definition) is 4. The van der Waals surface area contributed by atoms with Crippen LogP contribution in [0.15, 0.2) is 58.1 Å². The normalized spacial score (nSPS) is 12.6. The van der Waals surface area contributed by atoms with Crippen molar-refractivity contribution in [2.75, 3.05) is 0 Å². The van der Waals surface area contributed by atoms with Crippen LogP contribution in [0, 0.1) is 6.92 Å². The number of aromatic nitrogens is 2. The van der Waals surface area contributed by atoms with Crippen molar-refractivity contribution >= 4 is 39.5 Å². The molecule has 2 heterocycles. The highest BCUT2D eigenvalue weighted by molar-refractivity contribution is 7.20. The number of nitrogens with one attached hydrogen (secondary N) is 1. The van der Waals surface area contributed by atoms with E-state index in [1.807, 2.05) is 31.2 Å². The first-order valence-electron chi connectivity index (χ1n) is 9.26. The summed E-state index contributed by atoms with van der Waals surface area (Å²) in [5.41, 5.74) is 6.59. The third-order valence-electron chi connectivity index (χ3n) is 5.01. The SMILES string of the molecule is Cc1c(/C=c2/c(=O)[nH]/c(=C\c3cccc(C(N)=O)c3)c(=O)n2C)sc2ccccc12. The van der Waals surface area contributed by atoms with E-state index in [0.717, 1.165) is 20.5 Å². The second-order valence-corrected chi connectivity index (χ2v) is 8.07. The van der Waals surface area contributed by atoms with Gasteiger partial charge in [-0.15, -0.1) is 11.3 Å². The molecule has 3 N–H and O–H groups in total. The van der Waals surface area contributed by atoms with Gasteiger partial charge in [0, 0.05) is 22.2 Å². The predicted octanol–water partition coefficient (Wildman–Crippen LogP) is 1.35. The number of aromatic amines is 1. The van der Waals surface area contributed by atoms with Gasteiger partial charge in [-0.25, -0.2) is 0 Å². The lowest BCUT2D eigenvalue weighted by molar-refractivity contribution is 0.100. The molecule has 30 heavy (non-hydrogen) atoms. The van der Waals surface area contributed by atoms with Crippen molar-refractivity contribution in [3.05, 3.63) is 102 Å². The Labute approximate surface area is 175 Å². The molecule has 0 unspecified atom stereocenters. The molecule has 0 atom stereocenters. The topological polar surface area (TPSA) is 97.9 Å². The number of carbonyl (C=O) groups excluding carboxylic acids is 1. The molecule has 0 fully saturated rings. The van der Waals surface area contributed by atoms with Crippen LogP contribution in [0.25, 0.3) is 22.2 Å². The van der Waals surface area contributed by atoms with Crippen LogP contribution >= 0.6 is 11.3 Å². The lowest BCUT2D eigenvalue weighted by atomic mass is 10.1. The number of carbonyl (C=O) groups is 1. The van der Waals surface area contributed by atoms with E-state index in [4.69, 9.17) is 5.73 Å². The molecule has 150 valence electrons. The van der Waals surface area contributed by atoms with Crippen molar-refractivity contribution in [1.29, 1.82) is 0 Å². The summed E-state index contributed by atoms with van der Waals surface area (Å²) in [6.07, 6.45) is 3.28. The molecule has 4 aromatic rings. The van der Waals surface area contributed by atoms with Gasteiger partial charge >= 0.3 is 0 Å². The number of nitrogens with zero attached hydrogens (tertiary/aromatic N) is 1. The van der Waals surface area contributed by atoms with E-state index in [9.17, 15) is 14.4 Å². The number of hydrogen-bond donors (Lipinski definition) is 2. The van der Waals surface area contributed by atoms with Crippen molar-refractivity contribution in [2.45, 2.75) is 6.92 Å². The maximum absolute atomic E-state index is 12.9. The van der Waals surface area contributed by atoms with E-state index in [0.29, 0.717) is 11.1 Å². The summed E-state index contributed by atoms with van der Waals surface area (Å²) in [6, 6.07) is 14.6. The third kappa shape index (κ3) is 3.51. The predicted molar refractivity (Wildman–Crippen MR) is 120 cm³/mol. The first kappa shape index (κ1) is 19.6. The van der Waals surface area contributed by atoms with Crippen LogP contribution in [0.2, 0.25) is 0 Å². The zero-order chi connectivity index (χ0) is 21.4. The van der Waals surface area contributed by atoms with Crippen molar-refractivity contribution in [3.8, 4) is 0 Å². The second kappa shape index (κ2) is 7.61. The lowest BCUT2D eigenvalue weighted by Crippen LogP contribution is -2.52. The molecule has 7 heteroatoms. The van der Waals surface area contributed by atoms with Crippen LogP contribution in [0.3, 0.4) is 0 Å². The van der Waals surface area contributed by atoms with Crippen molar-refractivity contribution in [1.82, 2.24) is 9.55 Å². The molecule has 0 aliphatic rings. The average Bonchev–Trinajstić information content (AvgIpc) is 3.05. The fourth-order valence-corrected chi connectivity index (χ4v) is 4.49. The maximum atomic E-state index is 12.9. The smallest absolute Gasteiger partial charge is 0.274 e. The maximum Gasteiger partial charge on any atom is 0.274 e. The average molecular weight is 417 g/mol. The Morgan fingerprint density at radius 3 is 2.60 bits per heavy atom. The van der Waals surface area contributed by atoms with E-state index in [1.165, 1.54) is 10.6 Å². The highest BCUT2D eigenvalue weighted by Crippen LogP contribution is 2.30. The van der Waals surface area contributed by atoms with Gasteiger partial charge < -0.3 is 15.3 Å². The van der Waals surface area contributed by atoms with E-state index in [2.05, 4.69) is 4.98 Å². The van der Waals surface area contributed by atoms with Crippen LogP contribution < -0.4 is 27.6 Å². The lowest BCUT2D eigenvalue weighted by Gasteiger charge is -2.01. The molecular weight excluding hydrogens is 398 g/mol. The summed E-state index contributed by atoms with van der Waals surface area (Å²) >= 11 is 1.58. The summed E-state index contributed by atoms with van der Waals surface area (Å²) < 4.78 is 2.47. The summed E-state index contributed by atoms with van der Waals surface area (Å²) in [4.78, 5) is 40.6. The van der Waals surface area contributed by atoms with Crippen molar-refractivity contribution < 1.29 is 4.79 Å².